The number of carbonyl (C=O) groups is 1. The number of guanidine groups is 1. The summed E-state index contributed by atoms with van der Waals surface area (Å²) in [7, 11) is 1.66. The Morgan fingerprint density at radius 1 is 1.71 bits per heavy atom. The second kappa shape index (κ2) is 2.95. The number of carbonyl (C=O) groups excluding carboxylic acids is 1. The van der Waals surface area contributed by atoms with Crippen molar-refractivity contribution in [3.63, 3.8) is 0 Å². The first-order chi connectivity index (χ1) is 6.54. The first-order valence-electron chi connectivity index (χ1n) is 4.75. The molecule has 0 aromatic carbocycles. The fourth-order valence-corrected chi connectivity index (χ4v) is 2.07. The maximum absolute atomic E-state index is 11.9. The average Bonchev–Trinajstić information content (AvgIpc) is 2.14. The SMILES string of the molecule is CN1C(=O)C2CCOCC2(C)N=C1N. The molecular weight excluding hydrogens is 182 g/mol. The molecule has 1 saturated heterocycles. The molecular formula is C9H15N3O2. The van der Waals surface area contributed by atoms with E-state index in [1.54, 1.807) is 7.05 Å². The van der Waals surface area contributed by atoms with Gasteiger partial charge < -0.3 is 10.5 Å². The van der Waals surface area contributed by atoms with Crippen molar-refractivity contribution in [1.29, 1.82) is 0 Å². The molecule has 0 aromatic rings. The summed E-state index contributed by atoms with van der Waals surface area (Å²) < 4.78 is 5.34. The second-order valence-corrected chi connectivity index (χ2v) is 4.12. The van der Waals surface area contributed by atoms with Crippen LogP contribution in [-0.2, 0) is 9.53 Å². The summed E-state index contributed by atoms with van der Waals surface area (Å²) in [5.74, 6) is 0.274. The van der Waals surface area contributed by atoms with Crippen molar-refractivity contribution in [3.05, 3.63) is 0 Å². The number of nitrogens with two attached hydrogens (primary N) is 1. The molecule has 5 heteroatoms. The predicted molar refractivity (Wildman–Crippen MR) is 51.7 cm³/mol. The van der Waals surface area contributed by atoms with Crippen molar-refractivity contribution >= 4 is 11.9 Å². The molecule has 2 rings (SSSR count). The van der Waals surface area contributed by atoms with Gasteiger partial charge in [-0.05, 0) is 13.3 Å². The zero-order chi connectivity index (χ0) is 10.3. The van der Waals surface area contributed by atoms with Crippen LogP contribution in [0.5, 0.6) is 0 Å². The van der Waals surface area contributed by atoms with Gasteiger partial charge in [-0.1, -0.05) is 0 Å². The Labute approximate surface area is 82.9 Å². The largest absolute Gasteiger partial charge is 0.379 e. The topological polar surface area (TPSA) is 67.9 Å². The molecule has 1 fully saturated rings. The number of amides is 1. The van der Waals surface area contributed by atoms with Gasteiger partial charge in [0.15, 0.2) is 5.96 Å². The smallest absolute Gasteiger partial charge is 0.234 e. The zero-order valence-electron chi connectivity index (χ0n) is 8.49. The molecule has 0 aromatic heterocycles. The summed E-state index contributed by atoms with van der Waals surface area (Å²) in [5.41, 5.74) is 5.21. The summed E-state index contributed by atoms with van der Waals surface area (Å²) in [6.07, 6.45) is 0.733. The summed E-state index contributed by atoms with van der Waals surface area (Å²) in [5, 5.41) is 0. The third kappa shape index (κ3) is 1.19. The fourth-order valence-electron chi connectivity index (χ4n) is 2.07. The lowest BCUT2D eigenvalue weighted by molar-refractivity contribution is -0.139. The number of aliphatic imine (C=N–C) groups is 1. The molecule has 0 spiro atoms. The molecule has 78 valence electrons. The standard InChI is InChI=1S/C9H15N3O2/c1-9-5-14-4-3-6(9)7(13)12(2)8(10)11-9/h6H,3-5H2,1-2H3,(H2,10,11). The van der Waals surface area contributed by atoms with E-state index in [2.05, 4.69) is 4.99 Å². The second-order valence-electron chi connectivity index (χ2n) is 4.12. The molecule has 1 amide bonds. The van der Waals surface area contributed by atoms with E-state index in [1.165, 1.54) is 4.90 Å². The molecule has 0 bridgehead atoms. The van der Waals surface area contributed by atoms with Crippen LogP contribution in [0.3, 0.4) is 0 Å². The number of nitrogens with zero attached hydrogens (tertiary/aromatic N) is 2. The fraction of sp³-hybridized carbons (Fsp3) is 0.778. The highest BCUT2D eigenvalue weighted by molar-refractivity contribution is 6.00. The molecule has 2 aliphatic rings. The highest BCUT2D eigenvalue weighted by atomic mass is 16.5. The molecule has 2 aliphatic heterocycles. The number of ether oxygens (including phenoxy) is 1. The normalized spacial score (nSPS) is 37.9. The van der Waals surface area contributed by atoms with E-state index in [9.17, 15) is 4.79 Å². The predicted octanol–water partition coefficient (Wildman–Crippen LogP) is -0.432. The molecule has 0 saturated carbocycles. The van der Waals surface area contributed by atoms with Crippen LogP contribution in [0.25, 0.3) is 0 Å². The van der Waals surface area contributed by atoms with E-state index in [-0.39, 0.29) is 11.8 Å². The first-order valence-corrected chi connectivity index (χ1v) is 4.75. The van der Waals surface area contributed by atoms with Gasteiger partial charge in [0.05, 0.1) is 18.1 Å². The van der Waals surface area contributed by atoms with E-state index in [1.807, 2.05) is 6.92 Å². The summed E-state index contributed by atoms with van der Waals surface area (Å²) >= 11 is 0. The van der Waals surface area contributed by atoms with Crippen LogP contribution in [0.4, 0.5) is 0 Å². The molecule has 2 unspecified atom stereocenters. The summed E-state index contributed by atoms with van der Waals surface area (Å²) in [6.45, 7) is 3.04. The quantitative estimate of drug-likeness (QED) is 0.573. The number of fused-ring (bicyclic) bond motifs is 1. The van der Waals surface area contributed by atoms with E-state index in [0.717, 1.165) is 6.42 Å². The van der Waals surface area contributed by atoms with Crippen LogP contribution in [0.1, 0.15) is 13.3 Å². The Morgan fingerprint density at radius 3 is 3.14 bits per heavy atom. The van der Waals surface area contributed by atoms with Crippen LogP contribution in [-0.4, -0.2) is 42.6 Å². The molecule has 2 atom stereocenters. The lowest BCUT2D eigenvalue weighted by atomic mass is 9.81. The Kier molecular flexibility index (Phi) is 1.99. The van der Waals surface area contributed by atoms with Crippen molar-refractivity contribution in [3.8, 4) is 0 Å². The Morgan fingerprint density at radius 2 is 2.43 bits per heavy atom. The van der Waals surface area contributed by atoms with Crippen LogP contribution in [0, 0.1) is 5.92 Å². The highest BCUT2D eigenvalue weighted by Gasteiger charge is 2.46. The highest BCUT2D eigenvalue weighted by Crippen LogP contribution is 2.33. The van der Waals surface area contributed by atoms with Crippen LogP contribution >= 0.6 is 0 Å². The lowest BCUT2D eigenvalue weighted by Gasteiger charge is -2.42. The van der Waals surface area contributed by atoms with Crippen LogP contribution in [0.15, 0.2) is 4.99 Å². The molecule has 14 heavy (non-hydrogen) atoms. The Hall–Kier alpha value is -1.10. The third-order valence-corrected chi connectivity index (χ3v) is 3.04. The minimum atomic E-state index is -0.452. The number of hydrogen-bond donors (Lipinski definition) is 1. The van der Waals surface area contributed by atoms with Crippen LogP contribution in [0.2, 0.25) is 0 Å². The third-order valence-electron chi connectivity index (χ3n) is 3.04. The van der Waals surface area contributed by atoms with E-state index in [4.69, 9.17) is 10.5 Å². The number of rotatable bonds is 0. The van der Waals surface area contributed by atoms with Gasteiger partial charge in [0.25, 0.3) is 0 Å². The van der Waals surface area contributed by atoms with E-state index in [0.29, 0.717) is 19.2 Å². The van der Waals surface area contributed by atoms with Crippen molar-refractivity contribution in [2.45, 2.75) is 18.9 Å². The van der Waals surface area contributed by atoms with Gasteiger partial charge in [-0.15, -0.1) is 0 Å². The zero-order valence-corrected chi connectivity index (χ0v) is 8.49. The van der Waals surface area contributed by atoms with Gasteiger partial charge in [0.2, 0.25) is 5.91 Å². The van der Waals surface area contributed by atoms with Crippen LogP contribution < -0.4 is 5.73 Å². The van der Waals surface area contributed by atoms with Crippen molar-refractivity contribution in [1.82, 2.24) is 4.90 Å². The van der Waals surface area contributed by atoms with Crippen molar-refractivity contribution in [2.24, 2.45) is 16.6 Å². The maximum atomic E-state index is 11.9. The van der Waals surface area contributed by atoms with Crippen molar-refractivity contribution < 1.29 is 9.53 Å². The average molecular weight is 197 g/mol. The minimum absolute atomic E-state index is 0.0586. The molecule has 5 nitrogen and oxygen atoms in total. The maximum Gasteiger partial charge on any atom is 0.234 e. The van der Waals surface area contributed by atoms with Gasteiger partial charge in [0, 0.05) is 13.7 Å². The van der Waals surface area contributed by atoms with Gasteiger partial charge in [-0.2, -0.15) is 0 Å². The molecule has 0 aliphatic carbocycles. The monoisotopic (exact) mass is 197 g/mol. The Balaban J connectivity index is 2.38. The van der Waals surface area contributed by atoms with Crippen molar-refractivity contribution in [2.75, 3.05) is 20.3 Å². The van der Waals surface area contributed by atoms with Gasteiger partial charge in [-0.3, -0.25) is 9.69 Å². The van der Waals surface area contributed by atoms with Gasteiger partial charge in [0.1, 0.15) is 0 Å². The first kappa shape index (κ1) is 9.45. The molecule has 0 radical (unpaired) electrons. The lowest BCUT2D eigenvalue weighted by Crippen LogP contribution is -2.58. The van der Waals surface area contributed by atoms with Gasteiger partial charge >= 0.3 is 0 Å². The summed E-state index contributed by atoms with van der Waals surface area (Å²) in [4.78, 5) is 17.7. The Bertz CT molecular complexity index is 302. The molecule has 2 heterocycles. The number of hydrogen-bond acceptors (Lipinski definition) is 4. The van der Waals surface area contributed by atoms with Gasteiger partial charge in [-0.25, -0.2) is 4.99 Å². The summed E-state index contributed by atoms with van der Waals surface area (Å²) in [6, 6.07) is 0. The minimum Gasteiger partial charge on any atom is -0.379 e. The van der Waals surface area contributed by atoms with E-state index >= 15 is 0 Å². The van der Waals surface area contributed by atoms with E-state index < -0.39 is 5.54 Å². The molecule has 2 N–H and O–H groups in total.